The molecule has 0 aromatic carbocycles. The van der Waals surface area contributed by atoms with Crippen LogP contribution in [0, 0.1) is 0 Å². The molecule has 2 aromatic rings. The number of alkyl halides is 4. The molecule has 5 N–H and O–H groups in total. The standard InChI is InChI=1S/C23H34F4N7O8P/c1-10(2)40-17(35)12(5)32-43(38,33-13(6)18(36)41-11(3)4)39-7-22(20(24)25)19(37)23(26,27)21(42-22)34-9-31-14-15(28)29-8-30-16(14)34/h8-13,19-21,37H,7H2,1-6H3,(H2,28,29,30)(H2,32,33,38). The fourth-order valence-electron chi connectivity index (χ4n) is 4.03. The number of aromatic nitrogens is 4. The molecule has 43 heavy (non-hydrogen) atoms. The Bertz CT molecular complexity index is 1330. The van der Waals surface area contributed by atoms with E-state index in [-0.39, 0.29) is 17.0 Å². The predicted molar refractivity (Wildman–Crippen MR) is 141 cm³/mol. The minimum Gasteiger partial charge on any atom is -0.462 e. The maximum atomic E-state index is 15.4. The van der Waals surface area contributed by atoms with Gasteiger partial charge in [-0.1, -0.05) is 0 Å². The van der Waals surface area contributed by atoms with Gasteiger partial charge in [0.05, 0.1) is 25.1 Å². The summed E-state index contributed by atoms with van der Waals surface area (Å²) >= 11 is 0. The molecule has 0 radical (unpaired) electrons. The van der Waals surface area contributed by atoms with Crippen molar-refractivity contribution in [1.82, 2.24) is 29.7 Å². The molecule has 3 heterocycles. The minimum atomic E-state index is -4.78. The number of fused-ring (bicyclic) bond motifs is 1. The number of carbonyl (C=O) groups is 2. The van der Waals surface area contributed by atoms with Crippen molar-refractivity contribution in [2.45, 2.75) is 96.1 Å². The number of imidazole rings is 1. The minimum absolute atomic E-state index is 0.135. The second-order valence-electron chi connectivity index (χ2n) is 10.4. The van der Waals surface area contributed by atoms with Gasteiger partial charge in [-0.3, -0.25) is 18.7 Å². The smallest absolute Gasteiger partial charge is 0.342 e. The van der Waals surface area contributed by atoms with E-state index in [1.54, 1.807) is 0 Å². The van der Waals surface area contributed by atoms with Gasteiger partial charge in [-0.15, -0.1) is 0 Å². The summed E-state index contributed by atoms with van der Waals surface area (Å²) in [5.74, 6) is -6.46. The average Bonchev–Trinajstić information content (AvgIpc) is 3.40. The summed E-state index contributed by atoms with van der Waals surface area (Å²) in [5.41, 5.74) is 1.76. The zero-order valence-electron chi connectivity index (χ0n) is 24.0. The monoisotopic (exact) mass is 643 g/mol. The summed E-state index contributed by atoms with van der Waals surface area (Å²) in [5, 5.41) is 15.1. The Morgan fingerprint density at radius 1 is 1.07 bits per heavy atom. The molecule has 242 valence electrons. The van der Waals surface area contributed by atoms with E-state index in [0.29, 0.717) is 4.57 Å². The molecular weight excluding hydrogens is 609 g/mol. The van der Waals surface area contributed by atoms with Gasteiger partial charge in [0.15, 0.2) is 23.2 Å². The fraction of sp³-hybridized carbons (Fsp3) is 0.696. The number of nitrogens with two attached hydrogens (primary N) is 1. The maximum Gasteiger partial charge on any atom is 0.342 e. The number of nitrogens with one attached hydrogen (secondary N) is 2. The molecule has 1 aliphatic rings. The molecule has 5 unspecified atom stereocenters. The van der Waals surface area contributed by atoms with Crippen LogP contribution in [0.4, 0.5) is 23.4 Å². The van der Waals surface area contributed by atoms with Crippen molar-refractivity contribution in [3.63, 3.8) is 0 Å². The van der Waals surface area contributed by atoms with Crippen LogP contribution >= 0.6 is 7.67 Å². The Kier molecular flexibility index (Phi) is 10.4. The van der Waals surface area contributed by atoms with Crippen LogP contribution in [0.5, 0.6) is 0 Å². The van der Waals surface area contributed by atoms with Gasteiger partial charge in [-0.05, 0) is 41.5 Å². The first-order valence-electron chi connectivity index (χ1n) is 13.0. The molecule has 20 heteroatoms. The van der Waals surface area contributed by atoms with Gasteiger partial charge < -0.3 is 29.6 Å². The summed E-state index contributed by atoms with van der Waals surface area (Å²) < 4.78 is 94.9. The quantitative estimate of drug-likeness (QED) is 0.140. The number of nitrogen functional groups attached to an aromatic ring is 1. The molecule has 0 saturated carbocycles. The van der Waals surface area contributed by atoms with Crippen LogP contribution in [-0.2, 0) is 32.9 Å². The number of halogens is 4. The van der Waals surface area contributed by atoms with Crippen molar-refractivity contribution in [2.24, 2.45) is 0 Å². The largest absolute Gasteiger partial charge is 0.462 e. The first kappa shape index (κ1) is 34.5. The molecule has 15 nitrogen and oxygen atoms in total. The number of rotatable bonds is 13. The van der Waals surface area contributed by atoms with Crippen LogP contribution in [0.25, 0.3) is 11.2 Å². The number of ether oxygens (including phenoxy) is 3. The van der Waals surface area contributed by atoms with E-state index in [2.05, 4.69) is 25.1 Å². The van der Waals surface area contributed by atoms with Crippen molar-refractivity contribution in [1.29, 1.82) is 0 Å². The Morgan fingerprint density at radius 2 is 1.60 bits per heavy atom. The molecule has 0 amide bonds. The lowest BCUT2D eigenvalue weighted by atomic mass is 9.96. The lowest BCUT2D eigenvalue weighted by Gasteiger charge is -2.33. The van der Waals surface area contributed by atoms with E-state index >= 15 is 8.78 Å². The maximum absolute atomic E-state index is 15.4. The van der Waals surface area contributed by atoms with Gasteiger partial charge >= 0.3 is 25.5 Å². The van der Waals surface area contributed by atoms with E-state index in [1.165, 1.54) is 41.5 Å². The molecular formula is C23H34F4N7O8P. The number of hydrogen-bond donors (Lipinski definition) is 4. The third-order valence-corrected chi connectivity index (χ3v) is 8.05. The zero-order valence-corrected chi connectivity index (χ0v) is 24.9. The van der Waals surface area contributed by atoms with Crippen molar-refractivity contribution in [2.75, 3.05) is 12.3 Å². The Hall–Kier alpha value is -2.96. The first-order chi connectivity index (χ1) is 19.8. The summed E-state index contributed by atoms with van der Waals surface area (Å²) in [6, 6.07) is -2.83. The number of nitrogens with zero attached hydrogens (tertiary/aromatic N) is 4. The van der Waals surface area contributed by atoms with Gasteiger partial charge in [0.1, 0.15) is 23.9 Å². The van der Waals surface area contributed by atoms with Crippen molar-refractivity contribution >= 4 is 36.6 Å². The van der Waals surface area contributed by atoms with E-state index in [9.17, 15) is 28.0 Å². The van der Waals surface area contributed by atoms with E-state index in [4.69, 9.17) is 24.5 Å². The highest BCUT2D eigenvalue weighted by Crippen LogP contribution is 2.53. The second kappa shape index (κ2) is 13.0. The molecule has 2 aromatic heterocycles. The summed E-state index contributed by atoms with van der Waals surface area (Å²) in [4.78, 5) is 36.0. The van der Waals surface area contributed by atoms with Crippen molar-refractivity contribution in [3.05, 3.63) is 12.7 Å². The Labute approximate surface area is 243 Å². The van der Waals surface area contributed by atoms with E-state index in [0.717, 1.165) is 12.7 Å². The lowest BCUT2D eigenvalue weighted by molar-refractivity contribution is -0.191. The van der Waals surface area contributed by atoms with Crippen LogP contribution in [0.15, 0.2) is 12.7 Å². The van der Waals surface area contributed by atoms with Gasteiger partial charge in [0, 0.05) is 0 Å². The highest BCUT2D eigenvalue weighted by atomic mass is 31.2. The van der Waals surface area contributed by atoms with Gasteiger partial charge in [-0.25, -0.2) is 33.9 Å². The molecule has 0 bridgehead atoms. The normalized spacial score (nSPS) is 24.8. The van der Waals surface area contributed by atoms with Gasteiger partial charge in [-0.2, -0.15) is 8.78 Å². The lowest BCUT2D eigenvalue weighted by Crippen LogP contribution is -2.55. The second-order valence-corrected chi connectivity index (χ2v) is 12.3. The van der Waals surface area contributed by atoms with E-state index in [1.807, 2.05) is 0 Å². The van der Waals surface area contributed by atoms with Gasteiger partial charge in [0.25, 0.3) is 6.43 Å². The molecule has 1 saturated heterocycles. The summed E-state index contributed by atoms with van der Waals surface area (Å²) in [7, 11) is -4.78. The topological polar surface area (TPSA) is 202 Å². The van der Waals surface area contributed by atoms with Crippen LogP contribution in [0.1, 0.15) is 47.8 Å². The number of aliphatic hydroxyl groups excluding tert-OH is 1. The number of hydrogen-bond acceptors (Lipinski definition) is 12. The third-order valence-electron chi connectivity index (χ3n) is 6.11. The molecule has 1 aliphatic heterocycles. The van der Waals surface area contributed by atoms with Crippen LogP contribution in [0.3, 0.4) is 0 Å². The SMILES string of the molecule is CC(C)OC(=O)C(C)NP(=O)(NC(C)C(=O)OC(C)C)OCC1(C(F)F)OC(n2cnc3c(N)ncnc32)C(F)(F)C1O. The molecule has 5 atom stereocenters. The Morgan fingerprint density at radius 3 is 2.09 bits per heavy atom. The average molecular weight is 644 g/mol. The Balaban J connectivity index is 1.96. The van der Waals surface area contributed by atoms with Crippen LogP contribution < -0.4 is 15.9 Å². The molecule has 0 aliphatic carbocycles. The fourth-order valence-corrected chi connectivity index (χ4v) is 5.87. The highest BCUT2D eigenvalue weighted by Gasteiger charge is 2.71. The summed E-state index contributed by atoms with van der Waals surface area (Å²) in [6.07, 6.45) is -9.12. The van der Waals surface area contributed by atoms with Crippen LogP contribution in [0.2, 0.25) is 0 Å². The number of esters is 2. The van der Waals surface area contributed by atoms with E-state index < -0.39 is 80.8 Å². The third kappa shape index (κ3) is 7.24. The van der Waals surface area contributed by atoms with Crippen molar-refractivity contribution in [3.8, 4) is 0 Å². The highest BCUT2D eigenvalue weighted by molar-refractivity contribution is 7.54. The molecule has 1 fully saturated rings. The zero-order chi connectivity index (χ0) is 32.5. The molecule has 0 spiro atoms. The first-order valence-corrected chi connectivity index (χ1v) is 14.6. The number of carbonyl (C=O) groups excluding carboxylic acids is 2. The molecule has 3 rings (SSSR count). The predicted octanol–water partition coefficient (Wildman–Crippen LogP) is 1.92. The van der Waals surface area contributed by atoms with Crippen LogP contribution in [-0.4, -0.2) is 91.5 Å². The van der Waals surface area contributed by atoms with Crippen molar-refractivity contribution < 1.29 is 55.6 Å². The van der Waals surface area contributed by atoms with Gasteiger partial charge in [0.2, 0.25) is 6.23 Å². The number of aliphatic hydroxyl groups is 1. The number of anilines is 1. The summed E-state index contributed by atoms with van der Waals surface area (Å²) in [6.45, 7) is 6.93.